The Balaban J connectivity index is 1.31. The lowest BCUT2D eigenvalue weighted by atomic mass is 9.83. The van der Waals surface area contributed by atoms with E-state index in [1.807, 2.05) is 32.0 Å². The third kappa shape index (κ3) is 5.67. The molecule has 1 fully saturated rings. The number of hydrogen-bond acceptors (Lipinski definition) is 8. The number of halogens is 1. The molecule has 3 aromatic carbocycles. The fourth-order valence-corrected chi connectivity index (χ4v) is 8.03. The van der Waals surface area contributed by atoms with Crippen molar-refractivity contribution in [2.45, 2.75) is 30.0 Å². The van der Waals surface area contributed by atoms with E-state index in [0.29, 0.717) is 50.0 Å². The zero-order chi connectivity index (χ0) is 30.2. The first kappa shape index (κ1) is 29.0. The second-order valence-corrected chi connectivity index (χ2v) is 12.7. The normalized spacial score (nSPS) is 19.1. The highest BCUT2D eigenvalue weighted by Gasteiger charge is 2.56. The van der Waals surface area contributed by atoms with Crippen LogP contribution >= 0.6 is 34.7 Å². The third-order valence-electron chi connectivity index (χ3n) is 7.20. The highest BCUT2D eigenvalue weighted by atomic mass is 35.5. The van der Waals surface area contributed by atoms with Crippen molar-refractivity contribution < 1.29 is 23.9 Å². The van der Waals surface area contributed by atoms with E-state index in [2.05, 4.69) is 10.3 Å². The topological polar surface area (TPSA) is 118 Å². The number of thioether (sulfide) groups is 1. The number of fused-ring (bicyclic) bond motifs is 2. The molecule has 0 unspecified atom stereocenters. The maximum absolute atomic E-state index is 13.9. The van der Waals surface area contributed by atoms with Crippen molar-refractivity contribution in [3.63, 3.8) is 0 Å². The molecule has 12 heteroatoms. The number of rotatable bonds is 8. The van der Waals surface area contributed by atoms with Crippen molar-refractivity contribution >= 4 is 63.8 Å². The number of nitrogens with zero attached hydrogens (tertiary/aromatic N) is 1. The van der Waals surface area contributed by atoms with Gasteiger partial charge in [-0.2, -0.15) is 0 Å². The highest BCUT2D eigenvalue weighted by Crippen LogP contribution is 2.53. The Morgan fingerprint density at radius 1 is 1.00 bits per heavy atom. The molecular weight excluding hydrogens is 610 g/mol. The number of aryl methyl sites for hydroxylation is 1. The number of amides is 3. The number of anilines is 2. The lowest BCUT2D eigenvalue weighted by Gasteiger charge is -2.30. The quantitative estimate of drug-likeness (QED) is 0.242. The van der Waals surface area contributed by atoms with Gasteiger partial charge >= 0.3 is 4.87 Å². The van der Waals surface area contributed by atoms with E-state index in [0.717, 1.165) is 16.9 Å². The second kappa shape index (κ2) is 11.9. The fraction of sp³-hybridized carbons (Fsp3) is 0.226. The predicted molar refractivity (Wildman–Crippen MR) is 167 cm³/mol. The number of aromatic nitrogens is 1. The Bertz CT molecular complexity index is 1790. The molecule has 0 saturated carbocycles. The first-order valence-electron chi connectivity index (χ1n) is 13.5. The van der Waals surface area contributed by atoms with Crippen molar-refractivity contribution in [1.29, 1.82) is 0 Å². The third-order valence-corrected chi connectivity index (χ3v) is 9.85. The molecule has 0 bridgehead atoms. The minimum Gasteiger partial charge on any atom is -0.490 e. The molecule has 9 nitrogen and oxygen atoms in total. The molecule has 2 aliphatic rings. The average molecular weight is 636 g/mol. The van der Waals surface area contributed by atoms with Crippen LogP contribution in [0, 0.1) is 12.8 Å². The van der Waals surface area contributed by atoms with Crippen LogP contribution in [0.4, 0.5) is 11.4 Å². The van der Waals surface area contributed by atoms with Gasteiger partial charge in [-0.3, -0.25) is 19.2 Å². The van der Waals surface area contributed by atoms with E-state index >= 15 is 0 Å². The average Bonchev–Trinajstić information content (AvgIpc) is 3.47. The summed E-state index contributed by atoms with van der Waals surface area (Å²) in [5, 5.41) is 3.15. The summed E-state index contributed by atoms with van der Waals surface area (Å²) in [4.78, 5) is 57.0. The highest BCUT2D eigenvalue weighted by molar-refractivity contribution is 8.00. The van der Waals surface area contributed by atoms with Gasteiger partial charge < -0.3 is 19.8 Å². The van der Waals surface area contributed by atoms with Gasteiger partial charge in [0.25, 0.3) is 5.91 Å². The summed E-state index contributed by atoms with van der Waals surface area (Å²) < 4.78 is 11.7. The van der Waals surface area contributed by atoms with Gasteiger partial charge in [-0.05, 0) is 73.5 Å². The standard InChI is InChI=1S/C31H26ClN3O6S2/c1-3-40-22-14-17(7-12-21(22)41-15-23(36)33-19-6-4-5-16(2)13-19)24-25-27(42-28-26(24)43-31(39)34-28)30(38)35(29(25)37)20-10-8-18(32)9-11-20/h4-14,24-25,27H,3,15H2,1-2H3,(H,33,36)(H,34,39)/t24-,25-,27+/m0/s1. The Hall–Kier alpha value is -4.06. The molecule has 2 aliphatic heterocycles. The molecule has 3 heterocycles. The van der Waals surface area contributed by atoms with Crippen molar-refractivity contribution in [2.75, 3.05) is 23.4 Å². The molecule has 3 amide bonds. The van der Waals surface area contributed by atoms with Crippen molar-refractivity contribution in [2.24, 2.45) is 5.92 Å². The van der Waals surface area contributed by atoms with Gasteiger partial charge in [0.05, 0.1) is 23.2 Å². The number of carbonyl (C=O) groups is 3. The lowest BCUT2D eigenvalue weighted by Crippen LogP contribution is -2.32. The molecule has 6 rings (SSSR count). The molecule has 43 heavy (non-hydrogen) atoms. The van der Waals surface area contributed by atoms with Crippen LogP contribution in [0.3, 0.4) is 0 Å². The Kier molecular flexibility index (Phi) is 8.04. The summed E-state index contributed by atoms with van der Waals surface area (Å²) in [6.45, 7) is 3.85. The largest absolute Gasteiger partial charge is 0.490 e. The number of ether oxygens (including phenoxy) is 2. The van der Waals surface area contributed by atoms with E-state index in [-0.39, 0.29) is 29.2 Å². The summed E-state index contributed by atoms with van der Waals surface area (Å²) in [5.41, 5.74) is 2.81. The molecule has 3 atom stereocenters. The van der Waals surface area contributed by atoms with Crippen LogP contribution in [-0.4, -0.2) is 41.2 Å². The molecule has 0 spiro atoms. The number of thiazole rings is 1. The molecule has 4 aromatic rings. The minimum absolute atomic E-state index is 0.245. The Morgan fingerprint density at radius 2 is 1.79 bits per heavy atom. The van der Waals surface area contributed by atoms with Crippen LogP contribution in [0.15, 0.2) is 76.6 Å². The van der Waals surface area contributed by atoms with E-state index in [1.54, 1.807) is 48.5 Å². The van der Waals surface area contributed by atoms with Crippen molar-refractivity contribution in [1.82, 2.24) is 4.98 Å². The monoisotopic (exact) mass is 635 g/mol. The summed E-state index contributed by atoms with van der Waals surface area (Å²) in [6.07, 6.45) is 0. The van der Waals surface area contributed by atoms with Crippen LogP contribution in [0.5, 0.6) is 11.5 Å². The number of carbonyl (C=O) groups excluding carboxylic acids is 3. The first-order chi connectivity index (χ1) is 20.7. The number of aromatic amines is 1. The van der Waals surface area contributed by atoms with Gasteiger partial charge in [0.1, 0.15) is 5.25 Å². The molecule has 0 radical (unpaired) electrons. The summed E-state index contributed by atoms with van der Waals surface area (Å²) >= 11 is 8.28. The lowest BCUT2D eigenvalue weighted by molar-refractivity contribution is -0.122. The van der Waals surface area contributed by atoms with Crippen LogP contribution in [-0.2, 0) is 14.4 Å². The molecule has 0 aliphatic carbocycles. The summed E-state index contributed by atoms with van der Waals surface area (Å²) in [6, 6.07) is 19.2. The van der Waals surface area contributed by atoms with Gasteiger partial charge in [-0.25, -0.2) is 4.90 Å². The molecule has 1 aromatic heterocycles. The van der Waals surface area contributed by atoms with E-state index in [4.69, 9.17) is 21.1 Å². The first-order valence-corrected chi connectivity index (χ1v) is 15.6. The van der Waals surface area contributed by atoms with Gasteiger partial charge in [0.15, 0.2) is 18.1 Å². The van der Waals surface area contributed by atoms with Gasteiger partial charge in [0.2, 0.25) is 11.8 Å². The fourth-order valence-electron chi connectivity index (χ4n) is 5.39. The van der Waals surface area contributed by atoms with Gasteiger partial charge in [-0.15, -0.1) is 0 Å². The van der Waals surface area contributed by atoms with Crippen molar-refractivity contribution in [3.05, 3.63) is 97.4 Å². The van der Waals surface area contributed by atoms with E-state index < -0.39 is 17.1 Å². The Labute approximate surface area is 260 Å². The number of imide groups is 1. The zero-order valence-corrected chi connectivity index (χ0v) is 25.5. The maximum atomic E-state index is 13.9. The molecule has 220 valence electrons. The number of hydrogen-bond donors (Lipinski definition) is 2. The predicted octanol–water partition coefficient (Wildman–Crippen LogP) is 5.61. The smallest absolute Gasteiger partial charge is 0.305 e. The number of benzene rings is 3. The second-order valence-electron chi connectivity index (χ2n) is 10.1. The molecular formula is C31H26ClN3O6S2. The van der Waals surface area contributed by atoms with Crippen molar-refractivity contribution in [3.8, 4) is 11.5 Å². The summed E-state index contributed by atoms with van der Waals surface area (Å²) in [7, 11) is 0. The maximum Gasteiger partial charge on any atom is 0.305 e. The van der Waals surface area contributed by atoms with Gasteiger partial charge in [-0.1, -0.05) is 52.9 Å². The van der Waals surface area contributed by atoms with E-state index in [1.165, 1.54) is 16.7 Å². The Morgan fingerprint density at radius 3 is 2.53 bits per heavy atom. The molecule has 1 saturated heterocycles. The molecule has 2 N–H and O–H groups in total. The zero-order valence-electron chi connectivity index (χ0n) is 23.1. The van der Waals surface area contributed by atoms with Crippen LogP contribution in [0.1, 0.15) is 28.8 Å². The summed E-state index contributed by atoms with van der Waals surface area (Å²) in [5.74, 6) is -1.64. The van der Waals surface area contributed by atoms with Gasteiger partial charge in [0, 0.05) is 21.5 Å². The number of H-pyrrole nitrogens is 1. The van der Waals surface area contributed by atoms with Crippen LogP contribution < -0.4 is 24.6 Å². The van der Waals surface area contributed by atoms with Crippen LogP contribution in [0.2, 0.25) is 5.02 Å². The SMILES string of the molecule is CCOc1cc([C@@H]2c3sc(=O)[nH]c3S[C@H]3C(=O)N(c4ccc(Cl)cc4)C(=O)[C@@H]23)ccc1OCC(=O)Nc1cccc(C)c1. The van der Waals surface area contributed by atoms with Crippen LogP contribution in [0.25, 0.3) is 0 Å². The number of nitrogens with one attached hydrogen (secondary N) is 2. The minimum atomic E-state index is -0.756. The van der Waals surface area contributed by atoms with E-state index in [9.17, 15) is 19.2 Å².